The van der Waals surface area contributed by atoms with E-state index in [1.165, 1.54) is 85.8 Å². The van der Waals surface area contributed by atoms with Gasteiger partial charge in [-0.25, -0.2) is 104 Å². The van der Waals surface area contributed by atoms with Crippen LogP contribution < -0.4 is 83.6 Å². The van der Waals surface area contributed by atoms with Crippen molar-refractivity contribution in [2.45, 2.75) is 128 Å². The molecule has 0 saturated heterocycles. The minimum atomic E-state index is -3.79. The van der Waals surface area contributed by atoms with Gasteiger partial charge in [-0.3, -0.25) is 4.79 Å². The molecule has 14 rings (SSSR count). The lowest BCUT2D eigenvalue weighted by molar-refractivity contribution is -0.114. The highest BCUT2D eigenvalue weighted by atomic mass is 32.2. The number of nitrogens with one attached hydrogen (secondary N) is 10. The Labute approximate surface area is 851 Å². The number of anilines is 10. The van der Waals surface area contributed by atoms with Gasteiger partial charge in [0.05, 0.1) is 61.4 Å². The summed E-state index contributed by atoms with van der Waals surface area (Å²) in [7, 11) is -16.4. The molecule has 0 aliphatic heterocycles. The number of hydrogen-bond acceptors (Lipinski definition) is 31. The number of ether oxygens (including phenoxy) is 1. The highest BCUT2D eigenvalue weighted by molar-refractivity contribution is 7.90. The normalized spacial score (nSPS) is 11.4. The van der Waals surface area contributed by atoms with Crippen molar-refractivity contribution in [3.05, 3.63) is 291 Å². The third-order valence-corrected chi connectivity index (χ3v) is 29.4. The van der Waals surface area contributed by atoms with Crippen LogP contribution in [0.4, 0.5) is 67.5 Å². The molecule has 0 spiro atoms. The molecular formula is C102H123F2N25O12S5. The fourth-order valence-electron chi connectivity index (χ4n) is 14.4. The predicted octanol–water partition coefficient (Wildman–Crippen LogP) is 14.2. The number of aromatic nitrogens is 10. The molecule has 5 aromatic heterocycles. The number of nitrogens with zero attached hydrogens (tertiary/aromatic N) is 10. The quantitative estimate of drug-likeness (QED) is 0.0159. The first-order chi connectivity index (χ1) is 69.2. The molecule has 37 nitrogen and oxygen atoms in total. The predicted molar refractivity (Wildman–Crippen MR) is 573 cm³/mol. The number of sulfonamides is 5. The monoisotopic (exact) mass is 2090 g/mol. The number of aryl methyl sites for hydroxylation is 6. The molecule has 0 unspecified atom stereocenters. The van der Waals surface area contributed by atoms with Gasteiger partial charge in [0.2, 0.25) is 85.8 Å². The molecule has 0 aliphatic rings. The summed E-state index contributed by atoms with van der Waals surface area (Å²) >= 11 is 0. The second-order valence-electron chi connectivity index (χ2n) is 33.8. The number of nitrogens with two attached hydrogens (primary N) is 5. The van der Waals surface area contributed by atoms with Crippen LogP contribution >= 0.6 is 0 Å². The fraction of sp³-hybridized carbons (Fsp3) is 0.265. The zero-order valence-electron chi connectivity index (χ0n) is 83.2. The molecule has 5 heterocycles. The third kappa shape index (κ3) is 34.5. The molecule has 146 heavy (non-hydrogen) atoms. The smallest absolute Gasteiger partial charge is 0.240 e. The third-order valence-electron chi connectivity index (χ3n) is 22.8. The first-order valence-corrected chi connectivity index (χ1v) is 54.0. The van der Waals surface area contributed by atoms with Crippen LogP contribution in [0.15, 0.2) is 238 Å². The molecule has 1 amide bonds. The van der Waals surface area contributed by atoms with Crippen LogP contribution in [0.25, 0.3) is 56.3 Å². The van der Waals surface area contributed by atoms with Gasteiger partial charge in [0.25, 0.3) is 0 Å². The first-order valence-electron chi connectivity index (χ1n) is 46.2. The largest absolute Gasteiger partial charge is 0.497 e. The minimum absolute atomic E-state index is 0.0849. The lowest BCUT2D eigenvalue weighted by Gasteiger charge is -2.12. The second kappa shape index (κ2) is 52.7. The van der Waals surface area contributed by atoms with E-state index in [2.05, 4.69) is 133 Å². The standard InChI is InChI=1S/C24H29N5O3S.C21H24FN5O2S.C21H25N5O3S.C20H22FN5O2S.C16H23N5O2S/c1-16-7-6-9-22(17(16)2)23-15-20(28-24(25)29-23)8-4-5-14-26-33(31,32)21-12-10-19(11-13-21)27-18(3)30;1-14-6-3-9-18(15(14)2)19-13-20(27-21(23)26-19)24-10-5-11-25-30(28,29)17-8-4-7-16(22)12-17;1-14-5-4-6-18(15(14)2)19-13-20(26-21(22)25-19)23-11-12-24-30(27,28)17-9-7-16(29-3)8-10-17;1-13-5-3-8-17(14(13)2)18-12-19(26-20(22)25-18)23-9-10-24-29(27,28)16-7-4-6-15(21)11-16;1-11-6-4-7-13(12(11)2)14-10-15(21-16(17)20-14)18-8-5-9-19-24(3,22)23/h6-7,9-13,15,26H,4-5,8,14H2,1-3H3,(H,27,30)(H2,25,28,29);3-4,6-9,12-13,25H,5,10-11H2,1-2H3,(H3,23,24,26,27);4-10,13,24H,11-12H2,1-3H3,(H3,22,23,25,26);3-8,11-12,24H,9-10H2,1-2H3,(H3,22,23,25,26);4,6-7,10,19H,5,8-9H2,1-3H3,(H3,17,18,20,21). The number of halogens is 2. The number of carbonyl (C=O) groups excluding carboxylic acids is 1. The lowest BCUT2D eigenvalue weighted by atomic mass is 10.00. The number of rotatable bonds is 39. The Morgan fingerprint density at radius 1 is 0.308 bits per heavy atom. The SMILES string of the molecule is CC(=O)Nc1ccc(S(=O)(=O)NCCCCc2cc(-c3cccc(C)c3C)nc(N)n2)cc1.COc1ccc(S(=O)(=O)NCCNc2cc(-c3cccc(C)c3C)nc(N)n2)cc1.Cc1cccc(-c2cc(NCCCNS(=O)(=O)c3cccc(F)c3)nc(N)n2)c1C.Cc1cccc(-c2cc(NCCCNS(C)(=O)=O)nc(N)n2)c1C.Cc1cccc(-c2cc(NCCNS(=O)(=O)c3cccc(F)c3)nc(N)n2)c1C. The van der Waals surface area contributed by atoms with Gasteiger partial charge in [-0.2, -0.15) is 19.9 Å². The van der Waals surface area contributed by atoms with Gasteiger partial charge < -0.3 is 60.0 Å². The molecule has 14 aromatic rings. The van der Waals surface area contributed by atoms with Crippen molar-refractivity contribution in [1.82, 2.24) is 73.5 Å². The van der Waals surface area contributed by atoms with Gasteiger partial charge in [0.1, 0.15) is 40.7 Å². The summed E-state index contributed by atoms with van der Waals surface area (Å²) in [6.07, 6.45) is 4.32. The molecule has 0 bridgehead atoms. The van der Waals surface area contributed by atoms with Crippen LogP contribution in [0.3, 0.4) is 0 Å². The van der Waals surface area contributed by atoms with Crippen LogP contribution in [0.2, 0.25) is 0 Å². The average molecular weight is 2090 g/mol. The van der Waals surface area contributed by atoms with E-state index in [1.807, 2.05) is 146 Å². The van der Waals surface area contributed by atoms with Crippen molar-refractivity contribution in [2.75, 3.05) is 128 Å². The number of carbonyl (C=O) groups is 1. The number of benzene rings is 9. The highest BCUT2D eigenvalue weighted by Crippen LogP contribution is 2.33. The van der Waals surface area contributed by atoms with Crippen LogP contribution in [0.1, 0.15) is 93.9 Å². The Bertz CT molecular complexity index is 7520. The minimum Gasteiger partial charge on any atom is -0.497 e. The number of amides is 1. The second-order valence-corrected chi connectivity index (χ2v) is 42.7. The summed E-state index contributed by atoms with van der Waals surface area (Å²) in [5.74, 6) is 2.22. The maximum absolute atomic E-state index is 13.2. The Hall–Kier alpha value is -14.7. The molecular weight excluding hydrogens is 1970 g/mol. The van der Waals surface area contributed by atoms with E-state index in [1.54, 1.807) is 36.4 Å². The number of hydrogen-bond donors (Lipinski definition) is 15. The topological polar surface area (TPSA) is 576 Å². The zero-order valence-corrected chi connectivity index (χ0v) is 87.3. The molecule has 0 fully saturated rings. The van der Waals surface area contributed by atoms with Crippen molar-refractivity contribution in [2.24, 2.45) is 0 Å². The number of methoxy groups -OCH3 is 1. The van der Waals surface area contributed by atoms with Crippen molar-refractivity contribution in [3.8, 4) is 62.0 Å². The molecule has 44 heteroatoms. The Morgan fingerprint density at radius 3 is 0.918 bits per heavy atom. The van der Waals surface area contributed by atoms with E-state index >= 15 is 0 Å². The molecule has 0 atom stereocenters. The van der Waals surface area contributed by atoms with E-state index in [9.17, 15) is 55.7 Å². The van der Waals surface area contributed by atoms with Gasteiger partial charge >= 0.3 is 0 Å². The van der Waals surface area contributed by atoms with Crippen molar-refractivity contribution < 1.29 is 60.4 Å². The molecule has 0 aliphatic carbocycles. The van der Waals surface area contributed by atoms with Gasteiger partial charge in [0.15, 0.2) is 0 Å². The van der Waals surface area contributed by atoms with Crippen molar-refractivity contribution in [1.29, 1.82) is 0 Å². The molecule has 772 valence electrons. The summed E-state index contributed by atoms with van der Waals surface area (Å²) in [4.78, 5) is 53.9. The van der Waals surface area contributed by atoms with E-state index in [4.69, 9.17) is 33.4 Å². The van der Waals surface area contributed by atoms with Gasteiger partial charge in [-0.15, -0.1) is 0 Å². The van der Waals surface area contributed by atoms with E-state index in [-0.39, 0.29) is 81.4 Å². The van der Waals surface area contributed by atoms with Gasteiger partial charge in [0, 0.05) is 129 Å². The van der Waals surface area contributed by atoms with Crippen molar-refractivity contribution in [3.63, 3.8) is 0 Å². The maximum Gasteiger partial charge on any atom is 0.240 e. The number of unbranched alkanes of at least 4 members (excludes halogenated alkanes) is 1. The average Bonchev–Trinajstić information content (AvgIpc) is 0.828. The van der Waals surface area contributed by atoms with Crippen LogP contribution in [0, 0.1) is 80.9 Å². The molecule has 0 saturated carbocycles. The van der Waals surface area contributed by atoms with Gasteiger partial charge in [-0.1, -0.05) is 103 Å². The fourth-order valence-corrected chi connectivity index (χ4v) is 19.2. The van der Waals surface area contributed by atoms with Crippen LogP contribution in [0.5, 0.6) is 5.75 Å². The highest BCUT2D eigenvalue weighted by Gasteiger charge is 2.22. The van der Waals surface area contributed by atoms with Crippen LogP contribution in [-0.2, 0) is 61.3 Å². The van der Waals surface area contributed by atoms with Gasteiger partial charge in [-0.05, 0) is 248 Å². The molecule has 0 radical (unpaired) electrons. The first kappa shape index (κ1) is 113. The van der Waals surface area contributed by atoms with E-state index < -0.39 is 61.8 Å². The lowest BCUT2D eigenvalue weighted by Crippen LogP contribution is -2.29. The summed E-state index contributed by atoms with van der Waals surface area (Å²) in [5.41, 5.74) is 50.8. The molecule has 9 aromatic carbocycles. The zero-order chi connectivity index (χ0) is 106. The summed E-state index contributed by atoms with van der Waals surface area (Å²) in [5, 5.41) is 15.0. The summed E-state index contributed by atoms with van der Waals surface area (Å²) in [6, 6.07) is 61.2. The summed E-state index contributed by atoms with van der Waals surface area (Å²) in [6.45, 7) is 24.5. The van der Waals surface area contributed by atoms with Crippen LogP contribution in [-0.4, -0.2) is 170 Å². The van der Waals surface area contributed by atoms with E-state index in [0.717, 1.165) is 120 Å². The summed E-state index contributed by atoms with van der Waals surface area (Å²) < 4.78 is 165. The number of nitrogen functional groups attached to an aromatic ring is 5. The Kier molecular flexibility index (Phi) is 40.8. The molecule has 20 N–H and O–H groups in total. The van der Waals surface area contributed by atoms with Crippen molar-refractivity contribution >= 4 is 115 Å². The Morgan fingerprint density at radius 2 is 0.596 bits per heavy atom. The maximum atomic E-state index is 13.2. The van der Waals surface area contributed by atoms with E-state index in [0.29, 0.717) is 105 Å². The Balaban J connectivity index is 0.000000188.